The summed E-state index contributed by atoms with van der Waals surface area (Å²) < 4.78 is 24.0. The maximum atomic E-state index is 14.1. The van der Waals surface area contributed by atoms with Gasteiger partial charge in [-0.3, -0.25) is 19.2 Å². The molecule has 4 unspecified atom stereocenters. The van der Waals surface area contributed by atoms with E-state index in [1.807, 2.05) is 78.9 Å². The first kappa shape index (κ1) is 62.0. The van der Waals surface area contributed by atoms with E-state index in [0.29, 0.717) is 68.9 Å². The molecule has 22 heteroatoms. The number of anilines is 3. The van der Waals surface area contributed by atoms with Crippen LogP contribution in [0, 0.1) is 5.92 Å². The quantitative estimate of drug-likeness (QED) is 0.0220. The van der Waals surface area contributed by atoms with Crippen molar-refractivity contribution in [3.63, 3.8) is 0 Å². The summed E-state index contributed by atoms with van der Waals surface area (Å²) in [6.07, 6.45) is -0.122. The van der Waals surface area contributed by atoms with Crippen LogP contribution in [0.2, 0.25) is 0 Å². The van der Waals surface area contributed by atoms with Gasteiger partial charge in [0.25, 0.3) is 5.91 Å². The van der Waals surface area contributed by atoms with Gasteiger partial charge in [0.05, 0.1) is 36.7 Å². The summed E-state index contributed by atoms with van der Waals surface area (Å²) >= 11 is 6.60. The van der Waals surface area contributed by atoms with Gasteiger partial charge in [-0.15, -0.1) is 11.6 Å². The van der Waals surface area contributed by atoms with Crippen LogP contribution in [0.25, 0.3) is 21.9 Å². The highest BCUT2D eigenvalue weighted by molar-refractivity contribution is 6.19. The monoisotopic (exact) mass is 1220 g/mol. The number of aliphatic hydroxyl groups is 1. The zero-order valence-corrected chi connectivity index (χ0v) is 50.1. The topological polar surface area (TPSA) is 281 Å². The molecule has 88 heavy (non-hydrogen) atoms. The minimum Gasteiger partial charge on any atom is -0.493 e. The van der Waals surface area contributed by atoms with Crippen molar-refractivity contribution in [1.29, 1.82) is 0 Å². The molecule has 0 spiro atoms. The van der Waals surface area contributed by atoms with Gasteiger partial charge < -0.3 is 66.0 Å². The van der Waals surface area contributed by atoms with Crippen LogP contribution in [-0.4, -0.2) is 127 Å². The van der Waals surface area contributed by atoms with Gasteiger partial charge in [0, 0.05) is 67.0 Å². The Bertz CT molecular complexity index is 3560. The van der Waals surface area contributed by atoms with E-state index in [0.717, 1.165) is 54.7 Å². The summed E-state index contributed by atoms with van der Waals surface area (Å²) in [5.74, 6) is -0.947. The molecule has 0 aromatic heterocycles. The van der Waals surface area contributed by atoms with Crippen molar-refractivity contribution in [3.8, 4) is 28.4 Å². The van der Waals surface area contributed by atoms with Crippen LogP contribution in [0.5, 0.6) is 17.2 Å². The number of carboxylic acid groups (broad SMARTS) is 1. The molecule has 1 saturated heterocycles. The van der Waals surface area contributed by atoms with E-state index in [4.69, 9.17) is 36.3 Å². The molecule has 8 N–H and O–H groups in total. The molecule has 3 aliphatic heterocycles. The first-order valence-electron chi connectivity index (χ1n) is 29.8. The number of aliphatic hydroxyl groups excluding tert-OH is 1. The third-order valence-electron chi connectivity index (χ3n) is 16.8. The number of nitrogens with zero attached hydrogens (tertiary/aromatic N) is 3. The van der Waals surface area contributed by atoms with Gasteiger partial charge in [0.1, 0.15) is 31.0 Å². The number of carbonyl (C=O) groups is 7. The first-order valence-corrected chi connectivity index (χ1v) is 30.3. The van der Waals surface area contributed by atoms with Crippen molar-refractivity contribution in [3.05, 3.63) is 143 Å². The maximum absolute atomic E-state index is 14.1. The fourth-order valence-electron chi connectivity index (χ4n) is 12.4. The van der Waals surface area contributed by atoms with Gasteiger partial charge in [-0.1, -0.05) is 98.8 Å². The average Bonchev–Trinajstić information content (AvgIpc) is 2.00. The number of halogens is 1. The average molecular weight is 1220 g/mol. The molecule has 6 aromatic carbocycles. The van der Waals surface area contributed by atoms with E-state index >= 15 is 0 Å². The minimum atomic E-state index is -1.45. The van der Waals surface area contributed by atoms with Gasteiger partial charge in [-0.25, -0.2) is 19.3 Å². The Labute approximate surface area is 514 Å². The fourth-order valence-corrected chi connectivity index (χ4v) is 12.7. The number of fused-ring (bicyclic) bond motifs is 8. The number of carbonyl (C=O) groups excluding carboxylic acids is 6. The van der Waals surface area contributed by atoms with E-state index in [2.05, 4.69) is 21.3 Å². The molecule has 0 radical (unpaired) electrons. The van der Waals surface area contributed by atoms with Crippen molar-refractivity contribution >= 4 is 81.3 Å². The number of hydrogen-bond donors (Lipinski definition) is 7. The van der Waals surface area contributed by atoms with Gasteiger partial charge in [-0.2, -0.15) is 0 Å². The number of benzene rings is 6. The summed E-state index contributed by atoms with van der Waals surface area (Å²) in [6.45, 7) is 4.90. The molecule has 4 aliphatic rings. The maximum Gasteiger partial charge on any atom is 0.414 e. The molecule has 1 aliphatic carbocycles. The van der Waals surface area contributed by atoms with Gasteiger partial charge >= 0.3 is 18.2 Å². The Kier molecular flexibility index (Phi) is 19.5. The Hall–Kier alpha value is -9.08. The Morgan fingerprint density at radius 1 is 0.773 bits per heavy atom. The number of hydrogen-bond acceptors (Lipinski definition) is 12. The molecule has 0 bridgehead atoms. The zero-order chi connectivity index (χ0) is 62.2. The molecular formula is C66H73ClN8O13. The fraction of sp³-hybridized carbons (Fsp3) is 0.379. The number of nitrogens with two attached hydrogens (primary N) is 1. The van der Waals surface area contributed by atoms with Crippen LogP contribution in [0.15, 0.2) is 115 Å². The summed E-state index contributed by atoms with van der Waals surface area (Å²) in [4.78, 5) is 97.1. The zero-order valence-electron chi connectivity index (χ0n) is 49.3. The minimum absolute atomic E-state index is 0.0180. The number of amides is 8. The van der Waals surface area contributed by atoms with E-state index in [1.54, 1.807) is 43.0 Å². The van der Waals surface area contributed by atoms with Crippen molar-refractivity contribution in [2.75, 3.05) is 61.0 Å². The normalized spacial score (nSPS) is 17.2. The van der Waals surface area contributed by atoms with Gasteiger partial charge in [-0.05, 0) is 108 Å². The molecule has 21 nitrogen and oxygen atoms in total. The number of ether oxygens (including phenoxy) is 4. The van der Waals surface area contributed by atoms with Crippen molar-refractivity contribution in [1.82, 2.24) is 20.9 Å². The largest absolute Gasteiger partial charge is 0.493 e. The molecule has 8 amide bonds. The molecule has 462 valence electrons. The lowest BCUT2D eigenvalue weighted by molar-refractivity contribution is -0.128. The molecule has 5 atom stereocenters. The molecular weight excluding hydrogens is 1150 g/mol. The van der Waals surface area contributed by atoms with Crippen LogP contribution < -0.4 is 51.0 Å². The number of unbranched alkanes of at least 4 members (excludes halogenated alkanes) is 2. The predicted octanol–water partition coefficient (Wildman–Crippen LogP) is 9.59. The standard InChI is InChI=1S/C66H73ClN8O13/c1-38(2)59(72-65(82)88-37-49-44-17-8-6-15-42(44)43-16-7-9-18-45(43)49)61(78)71-50(21-13-28-69-64(68)81)60(77)70-41-26-24-39(25-27-41)36-87-54-33-53-58(47-20-11-10-19-46(47)54)40(34-67)35-74(53)57(76)23-5-4-12-30-86-56-32-52-48(31-55(56)85-3)62(79)73-29-14-22-51(73)63(80)75(52)66(83)84/h6-11,15-20,24-27,31-33,38,40,49-51,59,63,80H,4-5,12-14,21-23,28-30,34-37H2,1-3H3,(H,70,77)(H,71,78)(H,72,82)(H,83,84)(H3,68,69,81)/t40-,50?,51?,59?,63?/m1/s1. The van der Waals surface area contributed by atoms with Crippen LogP contribution in [0.1, 0.15) is 110 Å². The van der Waals surface area contributed by atoms with E-state index in [-0.39, 0.29) is 91.5 Å². The number of alkyl carbamates (subject to hydrolysis) is 1. The van der Waals surface area contributed by atoms with Gasteiger partial charge in [0.15, 0.2) is 17.7 Å². The van der Waals surface area contributed by atoms with Crippen LogP contribution in [0.4, 0.5) is 31.4 Å². The summed E-state index contributed by atoms with van der Waals surface area (Å²) in [5, 5.41) is 34.0. The molecule has 3 heterocycles. The molecule has 0 saturated carbocycles. The van der Waals surface area contributed by atoms with Crippen LogP contribution in [0.3, 0.4) is 0 Å². The number of methoxy groups -OCH3 is 1. The third-order valence-corrected chi connectivity index (χ3v) is 17.2. The van der Waals surface area contributed by atoms with Gasteiger partial charge in [0.2, 0.25) is 17.7 Å². The molecule has 6 aromatic rings. The lowest BCUT2D eigenvalue weighted by Gasteiger charge is -2.30. The second-order valence-electron chi connectivity index (χ2n) is 22.8. The second-order valence-corrected chi connectivity index (χ2v) is 23.1. The van der Waals surface area contributed by atoms with Crippen molar-refractivity contribution in [2.45, 2.75) is 108 Å². The SMILES string of the molecule is COc1cc2c(cc1OCCCCCC(=O)N1C[C@@H](CCl)c3c1cc(OCc1ccc(NC(=O)C(CCCNC(N)=O)NC(=O)C(NC(=O)OCC4c5ccccc5-c5ccccc54)C(C)C)cc1)c1ccccc31)N(C(=O)O)C(O)C1CCCN1C2=O. The summed E-state index contributed by atoms with van der Waals surface area (Å²) in [5.41, 5.74) is 12.6. The predicted molar refractivity (Wildman–Crippen MR) is 332 cm³/mol. The van der Waals surface area contributed by atoms with E-state index in [1.165, 1.54) is 24.1 Å². The number of rotatable bonds is 24. The Balaban J connectivity index is 0.744. The van der Waals surface area contributed by atoms with E-state index in [9.17, 15) is 43.8 Å². The first-order chi connectivity index (χ1) is 42.5. The van der Waals surface area contributed by atoms with Crippen LogP contribution in [-0.2, 0) is 25.7 Å². The smallest absolute Gasteiger partial charge is 0.414 e. The third kappa shape index (κ3) is 13.4. The Morgan fingerprint density at radius 3 is 2.15 bits per heavy atom. The summed E-state index contributed by atoms with van der Waals surface area (Å²) in [6, 6.07) is 32.1. The lowest BCUT2D eigenvalue weighted by Crippen LogP contribution is -2.54. The highest BCUT2D eigenvalue weighted by Gasteiger charge is 2.45. The molecule has 10 rings (SSSR count). The summed E-state index contributed by atoms with van der Waals surface area (Å²) in [7, 11) is 1.43. The number of primary amides is 1. The number of alkyl halides is 1. The second kappa shape index (κ2) is 27.7. The Morgan fingerprint density at radius 2 is 1.47 bits per heavy atom. The van der Waals surface area contributed by atoms with Crippen LogP contribution >= 0.6 is 11.6 Å². The van der Waals surface area contributed by atoms with Crippen molar-refractivity contribution < 1.29 is 62.7 Å². The van der Waals surface area contributed by atoms with E-state index < -0.39 is 54.4 Å². The lowest BCUT2D eigenvalue weighted by atomic mass is 9.95. The highest BCUT2D eigenvalue weighted by atomic mass is 35.5. The molecule has 1 fully saturated rings. The number of nitrogens with one attached hydrogen (secondary N) is 4. The van der Waals surface area contributed by atoms with Crippen molar-refractivity contribution in [2.24, 2.45) is 11.7 Å². The number of urea groups is 1. The highest BCUT2D eigenvalue weighted by Crippen LogP contribution is 2.47.